The number of hydrogen-bond donors (Lipinski definition) is 3. The summed E-state index contributed by atoms with van der Waals surface area (Å²) in [7, 11) is 1.64. The van der Waals surface area contributed by atoms with Crippen LogP contribution in [0.4, 0.5) is 5.69 Å². The standard InChI is InChI=1S/C23H23N3O2/c1-28-20-8-5-16(6-9-20)14-26-22-10-7-18(11-17(12-24)13-25)21-4-2-3-19(15-27)23(21)22/h2-10,12-13,15,24,26H,11,14,25H2,1H3/b17-13-,24-12?. The SMILES string of the molecule is COc1ccc(CNc2ccc(C/C(C=N)=C/N)c3cccc(C=O)c23)cc1. The Bertz CT molecular complexity index is 1020. The Hall–Kier alpha value is -3.60. The highest BCUT2D eigenvalue weighted by atomic mass is 16.5. The third-order valence-corrected chi connectivity index (χ3v) is 4.73. The normalized spacial score (nSPS) is 11.2. The van der Waals surface area contributed by atoms with Crippen LogP contribution in [0.5, 0.6) is 5.75 Å². The molecular weight excluding hydrogens is 350 g/mol. The van der Waals surface area contributed by atoms with Gasteiger partial charge in [0, 0.05) is 35.8 Å². The highest BCUT2D eigenvalue weighted by Crippen LogP contribution is 2.31. The van der Waals surface area contributed by atoms with Gasteiger partial charge in [-0.25, -0.2) is 0 Å². The van der Waals surface area contributed by atoms with Crippen LogP contribution < -0.4 is 15.8 Å². The summed E-state index contributed by atoms with van der Waals surface area (Å²) in [6.45, 7) is 0.625. The molecule has 3 rings (SSSR count). The van der Waals surface area contributed by atoms with E-state index < -0.39 is 0 Å². The monoisotopic (exact) mass is 373 g/mol. The van der Waals surface area contributed by atoms with Crippen molar-refractivity contribution in [2.45, 2.75) is 13.0 Å². The minimum Gasteiger partial charge on any atom is -0.497 e. The maximum absolute atomic E-state index is 11.7. The quantitative estimate of drug-likeness (QED) is 0.406. The molecule has 0 heterocycles. The molecule has 0 aliphatic carbocycles. The van der Waals surface area contributed by atoms with Crippen molar-refractivity contribution in [1.29, 1.82) is 5.41 Å². The third kappa shape index (κ3) is 4.04. The van der Waals surface area contributed by atoms with Gasteiger partial charge in [-0.2, -0.15) is 0 Å². The van der Waals surface area contributed by atoms with Crippen LogP contribution in [0.25, 0.3) is 10.8 Å². The van der Waals surface area contributed by atoms with E-state index >= 15 is 0 Å². The summed E-state index contributed by atoms with van der Waals surface area (Å²) >= 11 is 0. The van der Waals surface area contributed by atoms with Crippen LogP contribution in [0, 0.1) is 5.41 Å². The lowest BCUT2D eigenvalue weighted by Crippen LogP contribution is -2.03. The molecule has 0 amide bonds. The molecule has 0 bridgehead atoms. The van der Waals surface area contributed by atoms with E-state index in [0.717, 1.165) is 45.2 Å². The number of carbonyl (C=O) groups is 1. The first-order chi connectivity index (χ1) is 13.7. The van der Waals surface area contributed by atoms with E-state index in [-0.39, 0.29) is 0 Å². The van der Waals surface area contributed by atoms with E-state index in [9.17, 15) is 4.79 Å². The number of nitrogens with two attached hydrogens (primary N) is 1. The fourth-order valence-electron chi connectivity index (χ4n) is 3.21. The molecule has 142 valence electrons. The summed E-state index contributed by atoms with van der Waals surface area (Å²) in [5.41, 5.74) is 9.98. The van der Waals surface area contributed by atoms with Crippen LogP contribution >= 0.6 is 0 Å². The lowest BCUT2D eigenvalue weighted by Gasteiger charge is -2.15. The molecule has 4 N–H and O–H groups in total. The van der Waals surface area contributed by atoms with E-state index in [1.54, 1.807) is 7.11 Å². The van der Waals surface area contributed by atoms with Crippen LogP contribution in [0.1, 0.15) is 21.5 Å². The second-order valence-electron chi connectivity index (χ2n) is 6.42. The molecule has 0 aliphatic rings. The Kier molecular flexibility index (Phi) is 6.07. The summed E-state index contributed by atoms with van der Waals surface area (Å²) in [5, 5.41) is 12.8. The molecule has 0 saturated heterocycles. The fourth-order valence-corrected chi connectivity index (χ4v) is 3.21. The molecule has 0 spiro atoms. The topological polar surface area (TPSA) is 88.2 Å². The van der Waals surface area contributed by atoms with E-state index in [0.29, 0.717) is 18.5 Å². The number of allylic oxidation sites excluding steroid dienone is 1. The van der Waals surface area contributed by atoms with Crippen LogP contribution in [-0.4, -0.2) is 19.6 Å². The Labute approximate surface area is 164 Å². The third-order valence-electron chi connectivity index (χ3n) is 4.73. The van der Waals surface area contributed by atoms with Crippen LogP contribution in [0.2, 0.25) is 0 Å². The zero-order valence-corrected chi connectivity index (χ0v) is 15.7. The molecule has 0 fully saturated rings. The number of hydrogen-bond acceptors (Lipinski definition) is 5. The Morgan fingerprint density at radius 1 is 1.14 bits per heavy atom. The first-order valence-corrected chi connectivity index (χ1v) is 8.98. The van der Waals surface area contributed by atoms with Gasteiger partial charge in [0.1, 0.15) is 5.75 Å². The lowest BCUT2D eigenvalue weighted by molar-refractivity contribution is 0.112. The maximum atomic E-state index is 11.7. The largest absolute Gasteiger partial charge is 0.497 e. The zero-order chi connectivity index (χ0) is 19.9. The van der Waals surface area contributed by atoms with Gasteiger partial charge in [0.25, 0.3) is 0 Å². The maximum Gasteiger partial charge on any atom is 0.150 e. The van der Waals surface area contributed by atoms with Crippen molar-refractivity contribution >= 4 is 29.0 Å². The molecule has 5 heteroatoms. The number of rotatable bonds is 8. The molecule has 0 unspecified atom stereocenters. The van der Waals surface area contributed by atoms with Crippen molar-refractivity contribution < 1.29 is 9.53 Å². The number of fused-ring (bicyclic) bond motifs is 1. The lowest BCUT2D eigenvalue weighted by atomic mass is 9.95. The molecular formula is C23H23N3O2. The highest BCUT2D eigenvalue weighted by molar-refractivity contribution is 6.06. The second kappa shape index (κ2) is 8.86. The predicted molar refractivity (Wildman–Crippen MR) is 114 cm³/mol. The van der Waals surface area contributed by atoms with Crippen molar-refractivity contribution in [2.75, 3.05) is 12.4 Å². The summed E-state index contributed by atoms with van der Waals surface area (Å²) in [4.78, 5) is 11.7. The molecule has 5 nitrogen and oxygen atoms in total. The first kappa shape index (κ1) is 19.2. The molecule has 0 aliphatic heterocycles. The van der Waals surface area contributed by atoms with Gasteiger partial charge in [-0.05, 0) is 46.5 Å². The van der Waals surface area contributed by atoms with E-state index in [2.05, 4.69) is 5.32 Å². The minimum atomic E-state index is 0.539. The highest BCUT2D eigenvalue weighted by Gasteiger charge is 2.11. The number of benzene rings is 3. The average Bonchev–Trinajstić information content (AvgIpc) is 2.76. The molecule has 0 saturated carbocycles. The van der Waals surface area contributed by atoms with E-state index in [4.69, 9.17) is 15.9 Å². The van der Waals surface area contributed by atoms with Gasteiger partial charge in [0.05, 0.1) is 7.11 Å². The summed E-state index contributed by atoms with van der Waals surface area (Å²) < 4.78 is 5.19. The van der Waals surface area contributed by atoms with Crippen LogP contribution in [0.15, 0.2) is 66.4 Å². The smallest absolute Gasteiger partial charge is 0.150 e. The Balaban J connectivity index is 1.97. The summed E-state index contributed by atoms with van der Waals surface area (Å²) in [6, 6.07) is 17.5. The number of carbonyl (C=O) groups excluding carboxylic acids is 1. The number of aldehydes is 1. The number of nitrogens with one attached hydrogen (secondary N) is 2. The molecule has 0 atom stereocenters. The van der Waals surface area contributed by atoms with E-state index in [1.165, 1.54) is 12.4 Å². The van der Waals surface area contributed by atoms with Gasteiger partial charge < -0.3 is 21.2 Å². The zero-order valence-electron chi connectivity index (χ0n) is 15.7. The predicted octanol–water partition coefficient (Wildman–Crippen LogP) is 4.31. The Morgan fingerprint density at radius 3 is 2.57 bits per heavy atom. The minimum absolute atomic E-state index is 0.539. The number of methoxy groups -OCH3 is 1. The average molecular weight is 373 g/mol. The van der Waals surface area contributed by atoms with Gasteiger partial charge >= 0.3 is 0 Å². The van der Waals surface area contributed by atoms with Gasteiger partial charge in [-0.15, -0.1) is 0 Å². The van der Waals surface area contributed by atoms with Crippen molar-refractivity contribution in [2.24, 2.45) is 5.73 Å². The van der Waals surface area contributed by atoms with Gasteiger partial charge in [0.15, 0.2) is 6.29 Å². The van der Waals surface area contributed by atoms with Crippen LogP contribution in [-0.2, 0) is 13.0 Å². The molecule has 28 heavy (non-hydrogen) atoms. The Morgan fingerprint density at radius 2 is 1.93 bits per heavy atom. The molecule has 0 radical (unpaired) electrons. The molecule has 3 aromatic carbocycles. The van der Waals surface area contributed by atoms with Crippen LogP contribution in [0.3, 0.4) is 0 Å². The van der Waals surface area contributed by atoms with Gasteiger partial charge in [0.2, 0.25) is 0 Å². The number of anilines is 1. The van der Waals surface area contributed by atoms with Crippen molar-refractivity contribution in [3.05, 3.63) is 83.1 Å². The number of ether oxygens (including phenoxy) is 1. The van der Waals surface area contributed by atoms with Crippen molar-refractivity contribution in [3.8, 4) is 5.75 Å². The molecule has 3 aromatic rings. The second-order valence-corrected chi connectivity index (χ2v) is 6.42. The van der Waals surface area contributed by atoms with Gasteiger partial charge in [-0.1, -0.05) is 36.4 Å². The fraction of sp³-hybridized carbons (Fsp3) is 0.130. The van der Waals surface area contributed by atoms with Gasteiger partial charge in [-0.3, -0.25) is 4.79 Å². The van der Waals surface area contributed by atoms with Crippen molar-refractivity contribution in [1.82, 2.24) is 0 Å². The van der Waals surface area contributed by atoms with E-state index in [1.807, 2.05) is 54.6 Å². The summed E-state index contributed by atoms with van der Waals surface area (Å²) in [6.07, 6.45) is 4.11. The first-order valence-electron chi connectivity index (χ1n) is 8.98. The van der Waals surface area contributed by atoms with Crippen molar-refractivity contribution in [3.63, 3.8) is 0 Å². The summed E-state index contributed by atoms with van der Waals surface area (Å²) in [5.74, 6) is 0.816. The molecule has 0 aromatic heterocycles.